The normalized spacial score (nSPS) is 28.8. The van der Waals surface area contributed by atoms with E-state index in [-0.39, 0.29) is 17.2 Å². The maximum absolute atomic E-state index is 13.3. The van der Waals surface area contributed by atoms with Crippen LogP contribution in [0.4, 0.5) is 0 Å². The van der Waals surface area contributed by atoms with Crippen LogP contribution in [-0.2, 0) is 6.54 Å². The third-order valence-corrected chi connectivity index (χ3v) is 11.6. The van der Waals surface area contributed by atoms with Gasteiger partial charge in [0.15, 0.2) is 0 Å². The van der Waals surface area contributed by atoms with Crippen molar-refractivity contribution in [1.82, 2.24) is 19.7 Å². The Kier molecular flexibility index (Phi) is 6.11. The molecule has 8 rings (SSSR count). The predicted molar refractivity (Wildman–Crippen MR) is 165 cm³/mol. The average molecular weight is 562 g/mol. The lowest BCUT2D eigenvalue weighted by Crippen LogP contribution is -2.72. The van der Waals surface area contributed by atoms with Crippen molar-refractivity contribution in [1.29, 1.82) is 5.26 Å². The number of hydrogen-bond acceptors (Lipinski definition) is 4. The van der Waals surface area contributed by atoms with E-state index in [4.69, 9.17) is 0 Å². The number of carbonyl (C=O) groups is 1. The van der Waals surface area contributed by atoms with Crippen LogP contribution in [0.25, 0.3) is 10.9 Å². The number of nitrogens with zero attached hydrogens (tertiary/aromatic N) is 4. The number of fused-ring (bicyclic) bond motifs is 1. The van der Waals surface area contributed by atoms with E-state index in [1.165, 1.54) is 46.9 Å². The van der Waals surface area contributed by atoms with Gasteiger partial charge in [-0.2, -0.15) is 5.26 Å². The molecule has 2 spiro atoms. The van der Waals surface area contributed by atoms with Gasteiger partial charge in [-0.25, -0.2) is 0 Å². The fourth-order valence-corrected chi connectivity index (χ4v) is 9.04. The Morgan fingerprint density at radius 3 is 2.50 bits per heavy atom. The molecule has 6 nitrogen and oxygen atoms in total. The lowest BCUT2D eigenvalue weighted by Gasteiger charge is -2.60. The molecule has 4 heterocycles. The quantitative estimate of drug-likeness (QED) is 0.379. The minimum absolute atomic E-state index is 0.179. The van der Waals surface area contributed by atoms with Crippen molar-refractivity contribution in [3.63, 3.8) is 0 Å². The highest BCUT2D eigenvalue weighted by molar-refractivity contribution is 5.95. The molecular formula is C36H43N5O. The molecule has 6 heteroatoms. The Balaban J connectivity index is 1.05. The molecule has 2 aliphatic carbocycles. The monoisotopic (exact) mass is 561 g/mol. The first kappa shape index (κ1) is 26.5. The van der Waals surface area contributed by atoms with Crippen LogP contribution in [0.3, 0.4) is 0 Å². The number of nitrogens with one attached hydrogen (secondary N) is 1. The Bertz CT molecular complexity index is 1560. The number of nitriles is 1. The second-order valence-corrected chi connectivity index (χ2v) is 14.6. The maximum atomic E-state index is 13.3. The van der Waals surface area contributed by atoms with E-state index in [1.54, 1.807) is 5.56 Å². The highest BCUT2D eigenvalue weighted by Crippen LogP contribution is 2.57. The molecule has 5 aliphatic rings. The molecular weight excluding hydrogens is 518 g/mol. The number of rotatable bonds is 6. The number of aromatic amines is 1. The van der Waals surface area contributed by atoms with Crippen LogP contribution in [0.1, 0.15) is 90.0 Å². The summed E-state index contributed by atoms with van der Waals surface area (Å²) in [5.41, 5.74) is 8.44. The van der Waals surface area contributed by atoms with Gasteiger partial charge in [0.25, 0.3) is 5.91 Å². The standard InChI is InChI=1S/C36H43N5O/c1-3-39-20-36(21-39)22-41(23-36)34(42)28-8-6-27(7-9-28)32-17-35(15-25(16-35)18-37)11-13-40(32)19-31-29-10-12-38-33(29)24(2)14-30(31)26-4-5-26/h6-10,12,14,25-26,32,38H,3-5,11,13,15-17,19-23H2,1-2H3/t25?,32-,35?/m0/s1. The van der Waals surface area contributed by atoms with Crippen molar-refractivity contribution in [3.05, 3.63) is 70.4 Å². The van der Waals surface area contributed by atoms with E-state index in [0.29, 0.717) is 17.4 Å². The van der Waals surface area contributed by atoms with E-state index in [2.05, 4.69) is 77.3 Å². The lowest BCUT2D eigenvalue weighted by molar-refractivity contribution is -0.0958. The first-order valence-corrected chi connectivity index (χ1v) is 16.2. The van der Waals surface area contributed by atoms with Crippen molar-refractivity contribution in [3.8, 4) is 6.07 Å². The molecule has 0 radical (unpaired) electrons. The number of hydrogen-bond donors (Lipinski definition) is 1. The summed E-state index contributed by atoms with van der Waals surface area (Å²) in [6.07, 6.45) is 9.04. The summed E-state index contributed by atoms with van der Waals surface area (Å²) in [5, 5.41) is 10.9. The molecule has 1 atom stereocenters. The molecule has 2 saturated carbocycles. The zero-order valence-corrected chi connectivity index (χ0v) is 25.2. The van der Waals surface area contributed by atoms with Crippen LogP contribution < -0.4 is 0 Å². The third kappa shape index (κ3) is 4.31. The van der Waals surface area contributed by atoms with E-state index in [0.717, 1.165) is 70.6 Å². The smallest absolute Gasteiger partial charge is 0.253 e. The van der Waals surface area contributed by atoms with Gasteiger partial charge >= 0.3 is 0 Å². The number of aryl methyl sites for hydroxylation is 1. The molecule has 3 saturated heterocycles. The zero-order chi connectivity index (χ0) is 28.6. The second-order valence-electron chi connectivity index (χ2n) is 14.6. The van der Waals surface area contributed by atoms with Crippen LogP contribution in [0, 0.1) is 35.0 Å². The Hall–Kier alpha value is -3.14. The second kappa shape index (κ2) is 9.69. The Labute approximate surface area is 249 Å². The van der Waals surface area contributed by atoms with Crippen LogP contribution in [0.15, 0.2) is 42.6 Å². The Morgan fingerprint density at radius 1 is 1.05 bits per heavy atom. The number of aromatic nitrogens is 1. The number of carbonyl (C=O) groups excluding carboxylic acids is 1. The van der Waals surface area contributed by atoms with E-state index >= 15 is 0 Å². The lowest BCUT2D eigenvalue weighted by atomic mass is 9.56. The van der Waals surface area contributed by atoms with E-state index in [9.17, 15) is 10.1 Å². The van der Waals surface area contributed by atoms with Gasteiger partial charge in [-0.3, -0.25) is 9.69 Å². The number of likely N-dealkylation sites (tertiary alicyclic amines) is 3. The minimum atomic E-state index is 0.179. The summed E-state index contributed by atoms with van der Waals surface area (Å²) in [7, 11) is 0. The first-order valence-electron chi connectivity index (χ1n) is 16.2. The summed E-state index contributed by atoms with van der Waals surface area (Å²) in [5.74, 6) is 1.10. The fourth-order valence-electron chi connectivity index (χ4n) is 9.04. The molecule has 3 aromatic rings. The first-order chi connectivity index (χ1) is 20.4. The summed E-state index contributed by atoms with van der Waals surface area (Å²) < 4.78 is 0. The highest BCUT2D eigenvalue weighted by Gasteiger charge is 2.53. The fraction of sp³-hybridized carbons (Fsp3) is 0.556. The van der Waals surface area contributed by atoms with Crippen LogP contribution in [0.5, 0.6) is 0 Å². The molecule has 2 aromatic carbocycles. The van der Waals surface area contributed by atoms with Crippen molar-refractivity contribution < 1.29 is 4.79 Å². The van der Waals surface area contributed by atoms with Gasteiger partial charge < -0.3 is 14.8 Å². The maximum Gasteiger partial charge on any atom is 0.253 e. The average Bonchev–Trinajstić information content (AvgIpc) is 3.67. The summed E-state index contributed by atoms with van der Waals surface area (Å²) in [6.45, 7) is 11.6. The SMILES string of the molecule is CCN1CC2(C1)CN(C(=O)c1ccc([C@@H]3CC4(CCN3Cc3c(C5CC5)cc(C)c5[nH]ccc35)CC(C#N)C4)cc1)C2. The molecule has 0 bridgehead atoms. The van der Waals surface area contributed by atoms with Crippen LogP contribution in [-0.4, -0.2) is 64.9 Å². The largest absolute Gasteiger partial charge is 0.361 e. The van der Waals surface area contributed by atoms with Gasteiger partial charge in [-0.05, 0) is 110 Å². The van der Waals surface area contributed by atoms with Gasteiger partial charge in [0.2, 0.25) is 0 Å². The molecule has 42 heavy (non-hydrogen) atoms. The van der Waals surface area contributed by atoms with Crippen LogP contribution >= 0.6 is 0 Å². The zero-order valence-electron chi connectivity index (χ0n) is 25.2. The van der Waals surface area contributed by atoms with Crippen molar-refractivity contribution in [2.24, 2.45) is 16.7 Å². The molecule has 3 aliphatic heterocycles. The van der Waals surface area contributed by atoms with Gasteiger partial charge in [0, 0.05) is 72.8 Å². The van der Waals surface area contributed by atoms with E-state index < -0.39 is 0 Å². The predicted octanol–water partition coefficient (Wildman–Crippen LogP) is 6.39. The van der Waals surface area contributed by atoms with Crippen molar-refractivity contribution >= 4 is 16.8 Å². The topological polar surface area (TPSA) is 66.4 Å². The van der Waals surface area contributed by atoms with Crippen molar-refractivity contribution in [2.75, 3.05) is 39.3 Å². The van der Waals surface area contributed by atoms with Gasteiger partial charge in [-0.15, -0.1) is 0 Å². The third-order valence-electron chi connectivity index (χ3n) is 11.6. The molecule has 1 N–H and O–H groups in total. The molecule has 1 amide bonds. The van der Waals surface area contributed by atoms with Crippen molar-refractivity contribution in [2.45, 2.75) is 70.9 Å². The van der Waals surface area contributed by atoms with Gasteiger partial charge in [0.1, 0.15) is 0 Å². The molecule has 218 valence electrons. The molecule has 5 fully saturated rings. The number of piperidine rings is 1. The van der Waals surface area contributed by atoms with Gasteiger partial charge in [0.05, 0.1) is 6.07 Å². The minimum Gasteiger partial charge on any atom is -0.361 e. The number of H-pyrrole nitrogens is 1. The summed E-state index contributed by atoms with van der Waals surface area (Å²) in [6, 6.07) is 16.1. The van der Waals surface area contributed by atoms with Crippen LogP contribution in [0.2, 0.25) is 0 Å². The number of amides is 1. The molecule has 0 unspecified atom stereocenters. The highest BCUT2D eigenvalue weighted by atomic mass is 16.2. The summed E-state index contributed by atoms with van der Waals surface area (Å²) in [4.78, 5) is 24.0. The Morgan fingerprint density at radius 2 is 1.81 bits per heavy atom. The van der Waals surface area contributed by atoms with E-state index in [1.807, 2.05) is 4.90 Å². The van der Waals surface area contributed by atoms with Gasteiger partial charge in [-0.1, -0.05) is 25.1 Å². The number of benzene rings is 2. The summed E-state index contributed by atoms with van der Waals surface area (Å²) >= 11 is 0. The molecule has 1 aromatic heterocycles.